The van der Waals surface area contributed by atoms with Crippen LogP contribution in [0.4, 0.5) is 5.69 Å². The Morgan fingerprint density at radius 1 is 1.50 bits per heavy atom. The molecule has 0 aromatic heterocycles. The maximum absolute atomic E-state index is 12.4. The summed E-state index contributed by atoms with van der Waals surface area (Å²) < 4.78 is 26.0. The summed E-state index contributed by atoms with van der Waals surface area (Å²) in [7, 11) is -3.70. The van der Waals surface area contributed by atoms with Crippen LogP contribution in [-0.4, -0.2) is 36.5 Å². The summed E-state index contributed by atoms with van der Waals surface area (Å²) in [6.45, 7) is 1.96. The van der Waals surface area contributed by atoms with Gasteiger partial charge in [0.15, 0.2) is 0 Å². The van der Waals surface area contributed by atoms with Crippen LogP contribution in [0, 0.1) is 0 Å². The third-order valence-corrected chi connectivity index (χ3v) is 5.32. The Bertz CT molecular complexity index is 572. The van der Waals surface area contributed by atoms with Gasteiger partial charge in [0.05, 0.1) is 10.6 Å². The molecule has 1 aliphatic rings. The number of hydrogen-bond acceptors (Lipinski definition) is 4. The van der Waals surface area contributed by atoms with Gasteiger partial charge in [-0.1, -0.05) is 11.6 Å². The first-order chi connectivity index (χ1) is 8.22. The van der Waals surface area contributed by atoms with Gasteiger partial charge in [-0.2, -0.15) is 4.31 Å². The highest BCUT2D eigenvalue weighted by Crippen LogP contribution is 2.31. The minimum absolute atomic E-state index is 0.0122. The zero-order valence-electron chi connectivity index (χ0n) is 9.93. The average molecular weight is 291 g/mol. The fourth-order valence-corrected chi connectivity index (χ4v) is 4.03. The van der Waals surface area contributed by atoms with Crippen molar-refractivity contribution in [3.8, 4) is 0 Å². The van der Waals surface area contributed by atoms with Crippen LogP contribution in [0.2, 0.25) is 5.02 Å². The van der Waals surface area contributed by atoms with Crippen LogP contribution in [-0.2, 0) is 10.0 Å². The number of nitrogen functional groups attached to an aromatic ring is 1. The average Bonchev–Trinajstić information content (AvgIpc) is 2.63. The van der Waals surface area contributed by atoms with Gasteiger partial charge in [0.1, 0.15) is 4.90 Å². The minimum Gasteiger partial charge on any atom is -0.399 e. The maximum atomic E-state index is 12.4. The lowest BCUT2D eigenvalue weighted by atomic mass is 10.1. The van der Waals surface area contributed by atoms with Gasteiger partial charge in [-0.05, 0) is 31.5 Å². The first kappa shape index (κ1) is 13.6. The lowest BCUT2D eigenvalue weighted by Gasteiger charge is -2.19. The molecular weight excluding hydrogens is 276 g/mol. The Kier molecular flexibility index (Phi) is 3.31. The summed E-state index contributed by atoms with van der Waals surface area (Å²) in [5.41, 5.74) is 4.94. The molecule has 5 nitrogen and oxygen atoms in total. The van der Waals surface area contributed by atoms with Gasteiger partial charge < -0.3 is 10.8 Å². The molecule has 3 N–H and O–H groups in total. The summed E-state index contributed by atoms with van der Waals surface area (Å²) >= 11 is 5.91. The molecular formula is C11H15ClN2O3S. The van der Waals surface area contributed by atoms with E-state index in [2.05, 4.69) is 0 Å². The molecule has 7 heteroatoms. The molecule has 1 saturated heterocycles. The first-order valence-electron chi connectivity index (χ1n) is 5.50. The van der Waals surface area contributed by atoms with Crippen LogP contribution < -0.4 is 5.73 Å². The van der Waals surface area contributed by atoms with E-state index in [-0.39, 0.29) is 23.0 Å². The highest BCUT2D eigenvalue weighted by molar-refractivity contribution is 7.89. The number of aliphatic hydroxyl groups is 1. The van der Waals surface area contributed by atoms with E-state index in [0.29, 0.717) is 12.1 Å². The van der Waals surface area contributed by atoms with Crippen molar-refractivity contribution < 1.29 is 13.5 Å². The predicted octanol–water partition coefficient (Wildman–Crippen LogP) is 1.07. The van der Waals surface area contributed by atoms with E-state index in [9.17, 15) is 13.5 Å². The molecule has 1 fully saturated rings. The number of benzene rings is 1. The normalized spacial score (nSPS) is 25.5. The van der Waals surface area contributed by atoms with Crippen LogP contribution in [0.5, 0.6) is 0 Å². The molecule has 1 heterocycles. The number of nitrogens with zero attached hydrogens (tertiary/aromatic N) is 1. The fraction of sp³-hybridized carbons (Fsp3) is 0.455. The smallest absolute Gasteiger partial charge is 0.244 e. The fourth-order valence-electron chi connectivity index (χ4n) is 1.97. The number of sulfonamides is 1. The van der Waals surface area contributed by atoms with E-state index in [1.54, 1.807) is 13.0 Å². The SMILES string of the molecule is CC1(O)CCN(S(=O)(=O)c2cc(N)ccc2Cl)C1. The van der Waals surface area contributed by atoms with Gasteiger partial charge in [-0.25, -0.2) is 8.42 Å². The van der Waals surface area contributed by atoms with Gasteiger partial charge in [0.2, 0.25) is 10.0 Å². The van der Waals surface area contributed by atoms with Gasteiger partial charge in [-0.15, -0.1) is 0 Å². The molecule has 2 rings (SSSR count). The Balaban J connectivity index is 2.40. The van der Waals surface area contributed by atoms with Gasteiger partial charge in [0, 0.05) is 18.8 Å². The largest absolute Gasteiger partial charge is 0.399 e. The molecule has 0 amide bonds. The van der Waals surface area contributed by atoms with Crippen LogP contribution in [0.25, 0.3) is 0 Å². The molecule has 0 bridgehead atoms. The highest BCUT2D eigenvalue weighted by Gasteiger charge is 2.39. The van der Waals surface area contributed by atoms with Crippen molar-refractivity contribution in [3.63, 3.8) is 0 Å². The number of β-amino-alcohol motifs (C(OH)–C–C–N with tert-alkyl or cyclic N) is 1. The first-order valence-corrected chi connectivity index (χ1v) is 7.32. The number of nitrogens with two attached hydrogens (primary N) is 1. The monoisotopic (exact) mass is 290 g/mol. The quantitative estimate of drug-likeness (QED) is 0.798. The van der Waals surface area contributed by atoms with Crippen molar-refractivity contribution in [2.45, 2.75) is 23.8 Å². The molecule has 1 unspecified atom stereocenters. The summed E-state index contributed by atoms with van der Waals surface area (Å²) in [4.78, 5) is -0.0122. The summed E-state index contributed by atoms with van der Waals surface area (Å²) in [5.74, 6) is 0. The summed E-state index contributed by atoms with van der Waals surface area (Å²) in [6.07, 6.45) is 0.409. The van der Waals surface area contributed by atoms with E-state index in [0.717, 1.165) is 0 Å². The zero-order valence-corrected chi connectivity index (χ0v) is 11.5. The van der Waals surface area contributed by atoms with Crippen molar-refractivity contribution in [1.29, 1.82) is 0 Å². The number of rotatable bonds is 2. The van der Waals surface area contributed by atoms with Crippen molar-refractivity contribution in [3.05, 3.63) is 23.2 Å². The van der Waals surface area contributed by atoms with E-state index in [4.69, 9.17) is 17.3 Å². The van der Waals surface area contributed by atoms with Gasteiger partial charge in [0.25, 0.3) is 0 Å². The zero-order chi connectivity index (χ0) is 13.6. The molecule has 1 atom stereocenters. The third-order valence-electron chi connectivity index (χ3n) is 2.99. The number of halogens is 1. The number of anilines is 1. The second-order valence-electron chi connectivity index (χ2n) is 4.78. The van der Waals surface area contributed by atoms with E-state index in [1.165, 1.54) is 16.4 Å². The topological polar surface area (TPSA) is 83.6 Å². The van der Waals surface area contributed by atoms with E-state index in [1.807, 2.05) is 0 Å². The van der Waals surface area contributed by atoms with E-state index < -0.39 is 15.6 Å². The Morgan fingerprint density at radius 2 is 2.17 bits per heavy atom. The molecule has 0 spiro atoms. The van der Waals surface area contributed by atoms with Crippen LogP contribution >= 0.6 is 11.6 Å². The van der Waals surface area contributed by atoms with Crippen molar-refractivity contribution >= 4 is 27.3 Å². The van der Waals surface area contributed by atoms with Crippen molar-refractivity contribution in [1.82, 2.24) is 4.31 Å². The molecule has 1 aromatic carbocycles. The summed E-state index contributed by atoms with van der Waals surface area (Å²) in [5, 5.41) is 9.97. The molecule has 0 radical (unpaired) electrons. The lowest BCUT2D eigenvalue weighted by Crippen LogP contribution is -2.34. The predicted molar refractivity (Wildman–Crippen MR) is 69.9 cm³/mol. The van der Waals surface area contributed by atoms with Crippen LogP contribution in [0.3, 0.4) is 0 Å². The maximum Gasteiger partial charge on any atom is 0.244 e. The van der Waals surface area contributed by atoms with Crippen LogP contribution in [0.15, 0.2) is 23.1 Å². The molecule has 0 saturated carbocycles. The van der Waals surface area contributed by atoms with Crippen molar-refractivity contribution in [2.24, 2.45) is 0 Å². The Morgan fingerprint density at radius 3 is 2.72 bits per heavy atom. The lowest BCUT2D eigenvalue weighted by molar-refractivity contribution is 0.0762. The second kappa shape index (κ2) is 4.38. The molecule has 1 aromatic rings. The molecule has 18 heavy (non-hydrogen) atoms. The van der Waals surface area contributed by atoms with Crippen LogP contribution in [0.1, 0.15) is 13.3 Å². The molecule has 0 aliphatic carbocycles. The molecule has 1 aliphatic heterocycles. The Labute approximate surface area is 111 Å². The highest BCUT2D eigenvalue weighted by atomic mass is 35.5. The second-order valence-corrected chi connectivity index (χ2v) is 7.09. The minimum atomic E-state index is -3.70. The van der Waals surface area contributed by atoms with Gasteiger partial charge in [-0.3, -0.25) is 0 Å². The van der Waals surface area contributed by atoms with Crippen molar-refractivity contribution in [2.75, 3.05) is 18.8 Å². The summed E-state index contributed by atoms with van der Waals surface area (Å²) in [6, 6.07) is 4.34. The Hall–Kier alpha value is -0.820. The molecule has 100 valence electrons. The van der Waals surface area contributed by atoms with Gasteiger partial charge >= 0.3 is 0 Å². The number of hydrogen-bond donors (Lipinski definition) is 2. The third kappa shape index (κ3) is 2.47. The standard InChI is InChI=1S/C11H15ClN2O3S/c1-11(15)4-5-14(7-11)18(16,17)10-6-8(13)2-3-9(10)12/h2-3,6,15H,4-5,7,13H2,1H3. The van der Waals surface area contributed by atoms with E-state index >= 15 is 0 Å².